The average molecular weight is 398 g/mol. The van der Waals surface area contributed by atoms with Crippen molar-refractivity contribution in [3.63, 3.8) is 0 Å². The van der Waals surface area contributed by atoms with E-state index < -0.39 is 0 Å². The molecule has 1 saturated heterocycles. The minimum absolute atomic E-state index is 0.0487. The third-order valence-corrected chi connectivity index (χ3v) is 5.59. The van der Waals surface area contributed by atoms with Crippen LogP contribution in [0.4, 0.5) is 5.69 Å². The van der Waals surface area contributed by atoms with Crippen molar-refractivity contribution in [2.75, 3.05) is 45.7 Å². The van der Waals surface area contributed by atoms with Crippen LogP contribution < -0.4 is 14.8 Å². The van der Waals surface area contributed by atoms with E-state index in [1.165, 1.54) is 5.56 Å². The van der Waals surface area contributed by atoms with Crippen molar-refractivity contribution in [1.82, 2.24) is 9.80 Å². The van der Waals surface area contributed by atoms with Crippen LogP contribution in [0, 0.1) is 6.92 Å². The number of carbonyl (C=O) groups is 1. The molecule has 0 saturated carbocycles. The van der Waals surface area contributed by atoms with E-state index >= 15 is 0 Å². The zero-order chi connectivity index (χ0) is 20.8. The standard InChI is InChI=1S/C23H31N3O3/c1-17-7-5-6-8-20(17)24-23(27)18(2)26-13-11-25(12-14-26)16-19-9-10-21(28-3)22(15-19)29-4/h5-10,15,18H,11-14,16H2,1-4H3,(H,24,27). The van der Waals surface area contributed by atoms with E-state index in [0.717, 1.165) is 55.5 Å². The van der Waals surface area contributed by atoms with Crippen molar-refractivity contribution in [1.29, 1.82) is 0 Å². The Bertz CT molecular complexity index is 832. The molecule has 2 aromatic rings. The average Bonchev–Trinajstić information content (AvgIpc) is 2.75. The third-order valence-electron chi connectivity index (χ3n) is 5.59. The summed E-state index contributed by atoms with van der Waals surface area (Å²) < 4.78 is 10.7. The highest BCUT2D eigenvalue weighted by Gasteiger charge is 2.26. The molecule has 1 amide bonds. The Hall–Kier alpha value is -2.57. The monoisotopic (exact) mass is 397 g/mol. The van der Waals surface area contributed by atoms with Gasteiger partial charge in [-0.25, -0.2) is 0 Å². The normalized spacial score (nSPS) is 16.3. The van der Waals surface area contributed by atoms with Gasteiger partial charge in [0.05, 0.1) is 20.3 Å². The smallest absolute Gasteiger partial charge is 0.241 e. The van der Waals surface area contributed by atoms with Gasteiger partial charge in [0.2, 0.25) is 5.91 Å². The number of aryl methyl sites for hydroxylation is 1. The van der Waals surface area contributed by atoms with Crippen molar-refractivity contribution in [3.05, 3.63) is 53.6 Å². The van der Waals surface area contributed by atoms with Crippen molar-refractivity contribution in [3.8, 4) is 11.5 Å². The molecule has 1 atom stereocenters. The molecule has 0 bridgehead atoms. The number of nitrogens with one attached hydrogen (secondary N) is 1. The molecule has 2 aromatic carbocycles. The van der Waals surface area contributed by atoms with Crippen LogP contribution in [0.5, 0.6) is 11.5 Å². The molecular formula is C23H31N3O3. The minimum Gasteiger partial charge on any atom is -0.493 e. The van der Waals surface area contributed by atoms with Gasteiger partial charge in [-0.1, -0.05) is 24.3 Å². The summed E-state index contributed by atoms with van der Waals surface area (Å²) in [7, 11) is 3.30. The van der Waals surface area contributed by atoms with Crippen LogP contribution >= 0.6 is 0 Å². The molecule has 1 unspecified atom stereocenters. The number of carbonyl (C=O) groups excluding carboxylic acids is 1. The summed E-state index contributed by atoms with van der Waals surface area (Å²) in [5, 5.41) is 3.06. The summed E-state index contributed by atoms with van der Waals surface area (Å²) in [6, 6.07) is 13.8. The number of methoxy groups -OCH3 is 2. The first-order valence-corrected chi connectivity index (χ1v) is 10.1. The maximum absolute atomic E-state index is 12.7. The Kier molecular flexibility index (Phi) is 7.12. The summed E-state index contributed by atoms with van der Waals surface area (Å²) in [4.78, 5) is 17.3. The SMILES string of the molecule is COc1ccc(CN2CCN(C(C)C(=O)Nc3ccccc3C)CC2)cc1OC. The van der Waals surface area contributed by atoms with Crippen molar-refractivity contribution in [2.24, 2.45) is 0 Å². The van der Waals surface area contributed by atoms with Gasteiger partial charge in [-0.05, 0) is 43.2 Å². The maximum Gasteiger partial charge on any atom is 0.241 e. The van der Waals surface area contributed by atoms with Gasteiger partial charge in [-0.2, -0.15) is 0 Å². The summed E-state index contributed by atoms with van der Waals surface area (Å²) in [6.45, 7) is 8.45. The molecule has 6 heteroatoms. The summed E-state index contributed by atoms with van der Waals surface area (Å²) >= 11 is 0. The fourth-order valence-electron chi connectivity index (χ4n) is 3.66. The Morgan fingerprint density at radius 1 is 1.03 bits per heavy atom. The lowest BCUT2D eigenvalue weighted by Gasteiger charge is -2.37. The second kappa shape index (κ2) is 9.76. The van der Waals surface area contributed by atoms with Crippen LogP contribution in [0.1, 0.15) is 18.1 Å². The molecule has 1 aliphatic heterocycles. The molecule has 29 heavy (non-hydrogen) atoms. The predicted molar refractivity (Wildman–Crippen MR) is 116 cm³/mol. The Balaban J connectivity index is 1.52. The first kappa shape index (κ1) is 21.1. The van der Waals surface area contributed by atoms with Gasteiger partial charge >= 0.3 is 0 Å². The van der Waals surface area contributed by atoms with E-state index in [2.05, 4.69) is 21.2 Å². The van der Waals surface area contributed by atoms with Gasteiger partial charge in [-0.15, -0.1) is 0 Å². The first-order chi connectivity index (χ1) is 14.0. The number of ether oxygens (including phenoxy) is 2. The van der Waals surface area contributed by atoms with Crippen LogP contribution in [-0.4, -0.2) is 62.1 Å². The van der Waals surface area contributed by atoms with Crippen LogP contribution in [0.15, 0.2) is 42.5 Å². The fraction of sp³-hybridized carbons (Fsp3) is 0.435. The van der Waals surface area contributed by atoms with Crippen LogP contribution in [0.2, 0.25) is 0 Å². The van der Waals surface area contributed by atoms with Gasteiger partial charge in [0.15, 0.2) is 11.5 Å². The second-order valence-electron chi connectivity index (χ2n) is 7.48. The molecule has 1 aliphatic rings. The second-order valence-corrected chi connectivity index (χ2v) is 7.48. The molecule has 0 aliphatic carbocycles. The van der Waals surface area contributed by atoms with Gasteiger partial charge < -0.3 is 14.8 Å². The molecule has 0 radical (unpaired) electrons. The summed E-state index contributed by atoms with van der Waals surface area (Å²) in [6.07, 6.45) is 0. The van der Waals surface area contributed by atoms with E-state index in [1.54, 1.807) is 14.2 Å². The first-order valence-electron chi connectivity index (χ1n) is 10.1. The van der Waals surface area contributed by atoms with Crippen LogP contribution in [0.25, 0.3) is 0 Å². The van der Waals surface area contributed by atoms with Crippen LogP contribution in [-0.2, 0) is 11.3 Å². The number of amides is 1. The van der Waals surface area contributed by atoms with Crippen molar-refractivity contribution < 1.29 is 14.3 Å². The molecule has 1 N–H and O–H groups in total. The lowest BCUT2D eigenvalue weighted by Crippen LogP contribution is -2.52. The molecule has 1 fully saturated rings. The molecule has 0 aromatic heterocycles. The lowest BCUT2D eigenvalue weighted by atomic mass is 10.1. The molecule has 156 valence electrons. The molecule has 6 nitrogen and oxygen atoms in total. The highest BCUT2D eigenvalue weighted by molar-refractivity contribution is 5.95. The molecule has 0 spiro atoms. The van der Waals surface area contributed by atoms with E-state index in [-0.39, 0.29) is 11.9 Å². The Labute approximate surface area is 173 Å². The third kappa shape index (κ3) is 5.28. The van der Waals surface area contributed by atoms with Gasteiger partial charge in [0.1, 0.15) is 0 Å². The van der Waals surface area contributed by atoms with Crippen molar-refractivity contribution >= 4 is 11.6 Å². The largest absolute Gasteiger partial charge is 0.493 e. The summed E-state index contributed by atoms with van der Waals surface area (Å²) in [5.41, 5.74) is 3.16. The van der Waals surface area contributed by atoms with Crippen molar-refractivity contribution in [2.45, 2.75) is 26.4 Å². The number of hydrogen-bond donors (Lipinski definition) is 1. The highest BCUT2D eigenvalue weighted by atomic mass is 16.5. The number of rotatable bonds is 7. The summed E-state index contributed by atoms with van der Waals surface area (Å²) in [5.74, 6) is 1.55. The predicted octanol–water partition coefficient (Wildman–Crippen LogP) is 3.16. The number of para-hydroxylation sites is 1. The Morgan fingerprint density at radius 3 is 2.38 bits per heavy atom. The van der Waals surface area contributed by atoms with Gasteiger partial charge in [0.25, 0.3) is 0 Å². The number of hydrogen-bond acceptors (Lipinski definition) is 5. The zero-order valence-corrected chi connectivity index (χ0v) is 17.8. The number of benzene rings is 2. The quantitative estimate of drug-likeness (QED) is 0.778. The lowest BCUT2D eigenvalue weighted by molar-refractivity contribution is -0.121. The zero-order valence-electron chi connectivity index (χ0n) is 17.8. The minimum atomic E-state index is -0.155. The van der Waals surface area contributed by atoms with Gasteiger partial charge in [-0.3, -0.25) is 14.6 Å². The maximum atomic E-state index is 12.7. The topological polar surface area (TPSA) is 54.0 Å². The molecule has 1 heterocycles. The molecule has 3 rings (SSSR count). The van der Waals surface area contributed by atoms with E-state index in [4.69, 9.17) is 9.47 Å². The number of nitrogens with zero attached hydrogens (tertiary/aromatic N) is 2. The highest BCUT2D eigenvalue weighted by Crippen LogP contribution is 2.28. The Morgan fingerprint density at radius 2 is 1.72 bits per heavy atom. The van der Waals surface area contributed by atoms with Gasteiger partial charge in [0, 0.05) is 38.4 Å². The van der Waals surface area contributed by atoms with Crippen LogP contribution in [0.3, 0.4) is 0 Å². The van der Waals surface area contributed by atoms with E-state index in [1.807, 2.05) is 50.2 Å². The van der Waals surface area contributed by atoms with E-state index in [9.17, 15) is 4.79 Å². The van der Waals surface area contributed by atoms with E-state index in [0.29, 0.717) is 0 Å². The number of anilines is 1. The molecular weight excluding hydrogens is 366 g/mol. The number of piperazine rings is 1. The fourth-order valence-corrected chi connectivity index (χ4v) is 3.66.